The van der Waals surface area contributed by atoms with Crippen LogP contribution in [0.15, 0.2) is 36.7 Å². The number of hydrogen-bond donors (Lipinski definition) is 1. The summed E-state index contributed by atoms with van der Waals surface area (Å²) in [6, 6.07) is 7.49. The molecule has 2 heterocycles. The molecule has 0 spiro atoms. The first-order valence-electron chi connectivity index (χ1n) is 5.48. The zero-order valence-corrected chi connectivity index (χ0v) is 10.5. The van der Waals surface area contributed by atoms with Gasteiger partial charge in [-0.05, 0) is 24.3 Å². The number of pyridine rings is 1. The molecule has 0 bridgehead atoms. The monoisotopic (exact) mass is 258 g/mol. The van der Waals surface area contributed by atoms with Gasteiger partial charge in [0.15, 0.2) is 0 Å². The number of nitrogen functional groups attached to an aromatic ring is 1. The van der Waals surface area contributed by atoms with Crippen LogP contribution in [-0.4, -0.2) is 14.5 Å². The number of nitrogens with two attached hydrogens (primary N) is 1. The van der Waals surface area contributed by atoms with E-state index in [1.165, 1.54) is 0 Å². The first kappa shape index (κ1) is 11.0. The maximum Gasteiger partial charge on any atom is 0.142 e. The Kier molecular flexibility index (Phi) is 2.45. The highest BCUT2D eigenvalue weighted by molar-refractivity contribution is 6.31. The van der Waals surface area contributed by atoms with Crippen LogP contribution in [0.4, 0.5) is 5.69 Å². The highest BCUT2D eigenvalue weighted by Crippen LogP contribution is 2.26. The van der Waals surface area contributed by atoms with Crippen molar-refractivity contribution in [3.63, 3.8) is 0 Å². The number of aryl methyl sites for hydroxylation is 1. The summed E-state index contributed by atoms with van der Waals surface area (Å²) >= 11 is 6.00. The topological polar surface area (TPSA) is 56.7 Å². The van der Waals surface area contributed by atoms with Gasteiger partial charge in [-0.1, -0.05) is 11.6 Å². The third kappa shape index (κ3) is 1.71. The SMILES string of the molecule is Cn1c(-c2cncc(N)c2)nc2ccc(Cl)cc21. The van der Waals surface area contributed by atoms with Gasteiger partial charge < -0.3 is 10.3 Å². The summed E-state index contributed by atoms with van der Waals surface area (Å²) in [6.45, 7) is 0. The molecule has 1 aromatic carbocycles. The summed E-state index contributed by atoms with van der Waals surface area (Å²) in [5.74, 6) is 0.826. The minimum atomic E-state index is 0.623. The highest BCUT2D eigenvalue weighted by Gasteiger charge is 2.10. The first-order valence-corrected chi connectivity index (χ1v) is 5.86. The normalized spacial score (nSPS) is 11.0. The molecule has 0 aliphatic carbocycles. The molecule has 5 heteroatoms. The van der Waals surface area contributed by atoms with E-state index in [9.17, 15) is 0 Å². The Bertz CT molecular complexity index is 733. The fraction of sp³-hybridized carbons (Fsp3) is 0.0769. The van der Waals surface area contributed by atoms with E-state index in [0.717, 1.165) is 22.4 Å². The largest absolute Gasteiger partial charge is 0.397 e. The summed E-state index contributed by atoms with van der Waals surface area (Å²) in [4.78, 5) is 8.66. The maximum atomic E-state index is 6.00. The van der Waals surface area contributed by atoms with Crippen molar-refractivity contribution in [1.82, 2.24) is 14.5 Å². The average molecular weight is 259 g/mol. The van der Waals surface area contributed by atoms with Crippen LogP contribution in [0.2, 0.25) is 5.02 Å². The zero-order valence-electron chi connectivity index (χ0n) is 9.76. The van der Waals surface area contributed by atoms with Gasteiger partial charge >= 0.3 is 0 Å². The Hall–Kier alpha value is -2.07. The second-order valence-electron chi connectivity index (χ2n) is 4.13. The number of benzene rings is 1. The van der Waals surface area contributed by atoms with Gasteiger partial charge in [-0.3, -0.25) is 4.98 Å². The van der Waals surface area contributed by atoms with Gasteiger partial charge in [-0.15, -0.1) is 0 Å². The maximum absolute atomic E-state index is 6.00. The molecule has 0 radical (unpaired) electrons. The van der Waals surface area contributed by atoms with Gasteiger partial charge in [0, 0.05) is 30.0 Å². The number of halogens is 1. The van der Waals surface area contributed by atoms with E-state index in [2.05, 4.69) is 9.97 Å². The second-order valence-corrected chi connectivity index (χ2v) is 4.57. The highest BCUT2D eigenvalue weighted by atomic mass is 35.5. The molecule has 0 saturated heterocycles. The van der Waals surface area contributed by atoms with Gasteiger partial charge in [0.25, 0.3) is 0 Å². The number of rotatable bonds is 1. The standard InChI is InChI=1S/C13H11ClN4/c1-18-12-5-9(14)2-3-11(12)17-13(18)8-4-10(15)7-16-6-8/h2-7H,15H2,1H3. The Morgan fingerprint density at radius 2 is 2.06 bits per heavy atom. The van der Waals surface area contributed by atoms with Gasteiger partial charge in [0.05, 0.1) is 16.7 Å². The number of hydrogen-bond acceptors (Lipinski definition) is 3. The molecule has 0 aliphatic rings. The van der Waals surface area contributed by atoms with Gasteiger partial charge in [-0.25, -0.2) is 4.98 Å². The van der Waals surface area contributed by atoms with Crippen LogP contribution in [0.5, 0.6) is 0 Å². The van der Waals surface area contributed by atoms with Crippen molar-refractivity contribution in [2.75, 3.05) is 5.73 Å². The van der Waals surface area contributed by atoms with E-state index in [-0.39, 0.29) is 0 Å². The van der Waals surface area contributed by atoms with E-state index >= 15 is 0 Å². The lowest BCUT2D eigenvalue weighted by molar-refractivity contribution is 0.958. The van der Waals surface area contributed by atoms with Crippen LogP contribution in [0.3, 0.4) is 0 Å². The van der Waals surface area contributed by atoms with Crippen molar-refractivity contribution >= 4 is 28.3 Å². The van der Waals surface area contributed by atoms with Gasteiger partial charge in [0.2, 0.25) is 0 Å². The molecule has 3 rings (SSSR count). The lowest BCUT2D eigenvalue weighted by Gasteiger charge is -2.02. The summed E-state index contributed by atoms with van der Waals surface area (Å²) in [7, 11) is 1.95. The molecule has 18 heavy (non-hydrogen) atoms. The van der Waals surface area contributed by atoms with Gasteiger partial charge in [-0.2, -0.15) is 0 Å². The van der Waals surface area contributed by atoms with Crippen LogP contribution in [0.25, 0.3) is 22.4 Å². The molecule has 0 aliphatic heterocycles. The fourth-order valence-corrected chi connectivity index (χ4v) is 2.17. The molecular formula is C13H11ClN4. The summed E-state index contributed by atoms with van der Waals surface area (Å²) in [5.41, 5.74) is 9.15. The van der Waals surface area contributed by atoms with E-state index in [4.69, 9.17) is 17.3 Å². The van der Waals surface area contributed by atoms with Crippen LogP contribution in [0.1, 0.15) is 0 Å². The number of fused-ring (bicyclic) bond motifs is 1. The number of anilines is 1. The van der Waals surface area contributed by atoms with Gasteiger partial charge in [0.1, 0.15) is 5.82 Å². The number of nitrogens with zero attached hydrogens (tertiary/aromatic N) is 3. The Labute approximate surface area is 109 Å². The molecule has 0 fully saturated rings. The molecule has 3 aromatic rings. The van der Waals surface area contributed by atoms with Crippen LogP contribution in [-0.2, 0) is 7.05 Å². The molecule has 2 aromatic heterocycles. The van der Waals surface area contributed by atoms with Crippen LogP contribution >= 0.6 is 11.6 Å². The second kappa shape index (κ2) is 3.99. The Balaban J connectivity index is 2.27. The van der Waals surface area contributed by atoms with Crippen molar-refractivity contribution < 1.29 is 0 Å². The Morgan fingerprint density at radius 1 is 1.22 bits per heavy atom. The summed E-state index contributed by atoms with van der Waals surface area (Å²) < 4.78 is 1.98. The molecular weight excluding hydrogens is 248 g/mol. The smallest absolute Gasteiger partial charge is 0.142 e. The van der Waals surface area contributed by atoms with E-state index in [1.54, 1.807) is 12.4 Å². The quantitative estimate of drug-likeness (QED) is 0.730. The third-order valence-corrected chi connectivity index (χ3v) is 3.10. The molecule has 4 nitrogen and oxygen atoms in total. The zero-order chi connectivity index (χ0) is 12.7. The lowest BCUT2D eigenvalue weighted by atomic mass is 10.2. The fourth-order valence-electron chi connectivity index (χ4n) is 2.00. The van der Waals surface area contributed by atoms with E-state index in [1.807, 2.05) is 35.9 Å². The van der Waals surface area contributed by atoms with Crippen LogP contribution in [0, 0.1) is 0 Å². The minimum Gasteiger partial charge on any atom is -0.397 e. The van der Waals surface area contributed by atoms with E-state index < -0.39 is 0 Å². The predicted molar refractivity (Wildman–Crippen MR) is 73.4 cm³/mol. The number of imidazole rings is 1. The molecule has 90 valence electrons. The molecule has 0 unspecified atom stereocenters. The van der Waals surface area contributed by atoms with Crippen molar-refractivity contribution in [2.24, 2.45) is 7.05 Å². The molecule has 0 amide bonds. The summed E-state index contributed by atoms with van der Waals surface area (Å²) in [6.07, 6.45) is 3.36. The lowest BCUT2D eigenvalue weighted by Crippen LogP contribution is -1.94. The average Bonchev–Trinajstić information content (AvgIpc) is 2.67. The van der Waals surface area contributed by atoms with Crippen molar-refractivity contribution in [3.05, 3.63) is 41.7 Å². The minimum absolute atomic E-state index is 0.623. The third-order valence-electron chi connectivity index (χ3n) is 2.86. The molecule has 0 atom stereocenters. The molecule has 0 saturated carbocycles. The predicted octanol–water partition coefficient (Wildman–Crippen LogP) is 2.87. The van der Waals surface area contributed by atoms with Crippen molar-refractivity contribution in [2.45, 2.75) is 0 Å². The molecule has 2 N–H and O–H groups in total. The van der Waals surface area contributed by atoms with E-state index in [0.29, 0.717) is 10.7 Å². The Morgan fingerprint density at radius 3 is 2.83 bits per heavy atom. The van der Waals surface area contributed by atoms with Crippen molar-refractivity contribution in [3.8, 4) is 11.4 Å². The first-order chi connectivity index (χ1) is 8.65. The summed E-state index contributed by atoms with van der Waals surface area (Å²) in [5, 5.41) is 0.697. The number of aromatic nitrogens is 3. The van der Waals surface area contributed by atoms with Crippen LogP contribution < -0.4 is 5.73 Å². The van der Waals surface area contributed by atoms with Crippen molar-refractivity contribution in [1.29, 1.82) is 0 Å².